The van der Waals surface area contributed by atoms with Gasteiger partial charge in [-0.15, -0.1) is 0 Å². The van der Waals surface area contributed by atoms with E-state index in [0.29, 0.717) is 9.99 Å². The molecule has 1 aliphatic heterocycles. The molecule has 0 fully saturated rings. The largest absolute Gasteiger partial charge is 0.325 e. The number of nitrogens with zero attached hydrogens (tertiary/aromatic N) is 1. The number of hydrogen-bond donors (Lipinski definition) is 1. The summed E-state index contributed by atoms with van der Waals surface area (Å²) in [7, 11) is -2.97. The van der Waals surface area contributed by atoms with Crippen molar-refractivity contribution >= 4 is 43.5 Å². The number of rotatable bonds is 2. The van der Waals surface area contributed by atoms with Crippen molar-refractivity contribution in [3.63, 3.8) is 0 Å². The van der Waals surface area contributed by atoms with Crippen molar-refractivity contribution in [3.05, 3.63) is 64.1 Å². The highest BCUT2D eigenvalue weighted by molar-refractivity contribution is 9.10. The maximum atomic E-state index is 12.6. The second-order valence-corrected chi connectivity index (χ2v) is 8.25. The summed E-state index contributed by atoms with van der Waals surface area (Å²) in [5, 5.41) is 1.12. The van der Waals surface area contributed by atoms with Crippen LogP contribution >= 0.6 is 15.9 Å². The Labute approximate surface area is 147 Å². The highest BCUT2D eigenvalue weighted by Gasteiger charge is 2.45. The maximum Gasteiger partial charge on any atom is 0.267 e. The van der Waals surface area contributed by atoms with E-state index >= 15 is 0 Å². The van der Waals surface area contributed by atoms with Crippen molar-refractivity contribution in [3.8, 4) is 0 Å². The molecule has 2 amide bonds. The van der Waals surface area contributed by atoms with Gasteiger partial charge in [-0.2, -0.15) is 0 Å². The number of fused-ring (bicyclic) bond motifs is 1. The van der Waals surface area contributed by atoms with Gasteiger partial charge in [-0.05, 0) is 35.9 Å². The number of sulfonamides is 1. The highest BCUT2D eigenvalue weighted by atomic mass is 79.9. The Morgan fingerprint density at radius 3 is 2.42 bits per heavy atom. The van der Waals surface area contributed by atoms with Gasteiger partial charge in [0, 0.05) is 22.8 Å². The number of amides is 2. The van der Waals surface area contributed by atoms with E-state index in [1.165, 1.54) is 12.1 Å². The first kappa shape index (κ1) is 16.7. The third-order valence-corrected chi connectivity index (χ3v) is 6.31. The van der Waals surface area contributed by atoms with Crippen LogP contribution in [0.15, 0.2) is 53.0 Å². The number of benzene rings is 2. The van der Waals surface area contributed by atoms with Crippen LogP contribution in [-0.4, -0.2) is 31.6 Å². The van der Waals surface area contributed by atoms with Crippen LogP contribution in [0.1, 0.15) is 21.2 Å². The Hall–Kier alpha value is -2.19. The first-order chi connectivity index (χ1) is 11.3. The summed E-state index contributed by atoms with van der Waals surface area (Å²) in [4.78, 5) is 24.8. The predicted octanol–water partition coefficient (Wildman–Crippen LogP) is 2.54. The van der Waals surface area contributed by atoms with E-state index < -0.39 is 27.1 Å². The number of hydrogen-bond acceptors (Lipinski definition) is 4. The fourth-order valence-electron chi connectivity index (χ4n) is 2.54. The zero-order valence-electron chi connectivity index (χ0n) is 12.6. The van der Waals surface area contributed by atoms with Crippen LogP contribution in [0.4, 0.5) is 5.69 Å². The van der Waals surface area contributed by atoms with Crippen LogP contribution in [0.25, 0.3) is 0 Å². The normalized spacial score (nSPS) is 18.8. The van der Waals surface area contributed by atoms with Gasteiger partial charge in [0.05, 0.1) is 0 Å². The second kappa shape index (κ2) is 6.03. The molecule has 8 heteroatoms. The van der Waals surface area contributed by atoms with E-state index in [9.17, 15) is 18.0 Å². The predicted molar refractivity (Wildman–Crippen MR) is 93.0 cm³/mol. The third kappa shape index (κ3) is 2.71. The molecule has 0 aliphatic carbocycles. The molecule has 0 saturated heterocycles. The quantitative estimate of drug-likeness (QED) is 0.827. The van der Waals surface area contributed by atoms with Crippen molar-refractivity contribution < 1.29 is 18.0 Å². The standard InChI is InChI=1S/C16H13BrN2O4S/c1-19-16(21)13-5-3-2-4-12(13)14(24(19,22)23)15(20)18-11-8-6-10(17)7-9-11/h2-9,14H,1H3,(H,18,20). The van der Waals surface area contributed by atoms with Crippen LogP contribution < -0.4 is 5.32 Å². The number of carbonyl (C=O) groups is 2. The van der Waals surface area contributed by atoms with E-state index in [-0.39, 0.29) is 11.1 Å². The molecule has 1 heterocycles. The SMILES string of the molecule is CN1C(=O)c2ccccc2C(C(=O)Nc2ccc(Br)cc2)S1(=O)=O. The van der Waals surface area contributed by atoms with Crippen LogP contribution in [0.5, 0.6) is 0 Å². The first-order valence-corrected chi connectivity index (χ1v) is 9.29. The lowest BCUT2D eigenvalue weighted by Crippen LogP contribution is -2.45. The lowest BCUT2D eigenvalue weighted by molar-refractivity contribution is -0.116. The van der Waals surface area contributed by atoms with Gasteiger partial charge in [0.1, 0.15) is 0 Å². The molecule has 2 aromatic rings. The summed E-state index contributed by atoms with van der Waals surface area (Å²) >= 11 is 3.29. The zero-order valence-corrected chi connectivity index (χ0v) is 15.0. The molecule has 2 aromatic carbocycles. The Bertz CT molecular complexity index is 925. The zero-order chi connectivity index (χ0) is 17.5. The number of nitrogens with one attached hydrogen (secondary N) is 1. The summed E-state index contributed by atoms with van der Waals surface area (Å²) in [5.41, 5.74) is 0.872. The van der Waals surface area contributed by atoms with Crippen LogP contribution in [-0.2, 0) is 14.8 Å². The van der Waals surface area contributed by atoms with Gasteiger partial charge in [-0.25, -0.2) is 12.7 Å². The van der Waals surface area contributed by atoms with Crippen molar-refractivity contribution in [2.45, 2.75) is 5.25 Å². The Balaban J connectivity index is 2.04. The van der Waals surface area contributed by atoms with Gasteiger partial charge in [-0.3, -0.25) is 9.59 Å². The molecule has 1 N–H and O–H groups in total. The molecule has 0 saturated carbocycles. The molecule has 1 aliphatic rings. The monoisotopic (exact) mass is 408 g/mol. The molecule has 0 aromatic heterocycles. The average Bonchev–Trinajstić information content (AvgIpc) is 2.55. The third-order valence-electron chi connectivity index (χ3n) is 3.79. The molecular weight excluding hydrogens is 396 g/mol. The summed E-state index contributed by atoms with van der Waals surface area (Å²) in [6.45, 7) is 0. The molecule has 0 bridgehead atoms. The Morgan fingerprint density at radius 1 is 1.12 bits per heavy atom. The Kier molecular flexibility index (Phi) is 4.18. The lowest BCUT2D eigenvalue weighted by Gasteiger charge is -2.30. The number of carbonyl (C=O) groups excluding carboxylic acids is 2. The molecule has 1 atom stereocenters. The second-order valence-electron chi connectivity index (χ2n) is 5.28. The van der Waals surface area contributed by atoms with Crippen LogP contribution in [0, 0.1) is 0 Å². The van der Waals surface area contributed by atoms with Crippen LogP contribution in [0.2, 0.25) is 0 Å². The van der Waals surface area contributed by atoms with Crippen molar-refractivity contribution in [2.24, 2.45) is 0 Å². The summed E-state index contributed by atoms with van der Waals surface area (Å²) in [6, 6.07) is 13.0. The highest BCUT2D eigenvalue weighted by Crippen LogP contribution is 2.35. The van der Waals surface area contributed by atoms with E-state index in [1.807, 2.05) is 0 Å². The number of anilines is 1. The molecule has 1 unspecified atom stereocenters. The average molecular weight is 409 g/mol. The summed E-state index contributed by atoms with van der Waals surface area (Å²) in [5.74, 6) is -1.34. The van der Waals surface area contributed by atoms with Gasteiger partial charge < -0.3 is 5.32 Å². The van der Waals surface area contributed by atoms with Gasteiger partial charge in [0.2, 0.25) is 5.91 Å². The van der Waals surface area contributed by atoms with Gasteiger partial charge >= 0.3 is 0 Å². The minimum atomic E-state index is -4.13. The maximum absolute atomic E-state index is 12.6. The summed E-state index contributed by atoms with van der Waals surface area (Å²) < 4.78 is 26.7. The Morgan fingerprint density at radius 2 is 1.75 bits per heavy atom. The molecular formula is C16H13BrN2O4S. The van der Waals surface area contributed by atoms with Crippen LogP contribution in [0.3, 0.4) is 0 Å². The smallest absolute Gasteiger partial charge is 0.267 e. The molecule has 3 rings (SSSR count). The molecule has 6 nitrogen and oxygen atoms in total. The van der Waals surface area contributed by atoms with Crippen molar-refractivity contribution in [1.29, 1.82) is 0 Å². The van der Waals surface area contributed by atoms with Gasteiger partial charge in [-0.1, -0.05) is 34.1 Å². The van der Waals surface area contributed by atoms with Crippen molar-refractivity contribution in [2.75, 3.05) is 12.4 Å². The lowest BCUT2D eigenvalue weighted by atomic mass is 10.0. The molecule has 0 spiro atoms. The van der Waals surface area contributed by atoms with E-state index in [0.717, 1.165) is 11.5 Å². The topological polar surface area (TPSA) is 83.6 Å². The summed E-state index contributed by atoms with van der Waals surface area (Å²) in [6.07, 6.45) is 0. The van der Waals surface area contributed by atoms with Gasteiger partial charge in [0.25, 0.3) is 15.9 Å². The molecule has 0 radical (unpaired) electrons. The minimum Gasteiger partial charge on any atom is -0.325 e. The number of halogens is 1. The van der Waals surface area contributed by atoms with E-state index in [1.54, 1.807) is 36.4 Å². The molecule has 124 valence electrons. The van der Waals surface area contributed by atoms with E-state index in [2.05, 4.69) is 21.2 Å². The van der Waals surface area contributed by atoms with E-state index in [4.69, 9.17) is 0 Å². The molecule has 24 heavy (non-hydrogen) atoms. The van der Waals surface area contributed by atoms with Gasteiger partial charge in [0.15, 0.2) is 5.25 Å². The van der Waals surface area contributed by atoms with Crippen molar-refractivity contribution in [1.82, 2.24) is 4.31 Å². The first-order valence-electron chi connectivity index (χ1n) is 7.00. The fraction of sp³-hybridized carbons (Fsp3) is 0.125. The fourth-order valence-corrected chi connectivity index (χ4v) is 4.31. The minimum absolute atomic E-state index is 0.190.